The summed E-state index contributed by atoms with van der Waals surface area (Å²) in [6.45, 7) is 0.485. The van der Waals surface area contributed by atoms with Crippen molar-refractivity contribution in [1.82, 2.24) is 0 Å². The fraction of sp³-hybridized carbons (Fsp3) is 0.111. The summed E-state index contributed by atoms with van der Waals surface area (Å²) >= 11 is 0. The molecule has 0 saturated heterocycles. The SMILES string of the molecule is COCc1ccc(C(=O)Oc2ccc3ccc(=O)oc3c2)cc1. The Bertz CT molecular complexity index is 893. The van der Waals surface area contributed by atoms with E-state index in [1.807, 2.05) is 0 Å². The highest BCUT2D eigenvalue weighted by Crippen LogP contribution is 2.20. The summed E-state index contributed by atoms with van der Waals surface area (Å²) in [5, 5.41) is 0.758. The van der Waals surface area contributed by atoms with Gasteiger partial charge in [0.25, 0.3) is 0 Å². The van der Waals surface area contributed by atoms with Crippen LogP contribution in [-0.4, -0.2) is 13.1 Å². The third-order valence-corrected chi connectivity index (χ3v) is 3.31. The van der Waals surface area contributed by atoms with E-state index in [1.54, 1.807) is 49.6 Å². The summed E-state index contributed by atoms with van der Waals surface area (Å²) in [6.07, 6.45) is 0. The first-order valence-electron chi connectivity index (χ1n) is 7.00. The zero-order chi connectivity index (χ0) is 16.2. The lowest BCUT2D eigenvalue weighted by Crippen LogP contribution is -2.08. The molecule has 0 aliphatic carbocycles. The number of esters is 1. The van der Waals surface area contributed by atoms with Crippen molar-refractivity contribution < 1.29 is 18.7 Å². The van der Waals surface area contributed by atoms with Gasteiger partial charge in [0.2, 0.25) is 0 Å². The predicted octanol–water partition coefficient (Wildman–Crippen LogP) is 3.16. The van der Waals surface area contributed by atoms with Gasteiger partial charge in [0.1, 0.15) is 11.3 Å². The average molecular weight is 310 g/mol. The number of hydrogen-bond acceptors (Lipinski definition) is 5. The molecule has 0 amide bonds. The second-order valence-corrected chi connectivity index (χ2v) is 4.97. The average Bonchev–Trinajstić information content (AvgIpc) is 2.55. The molecule has 0 aliphatic heterocycles. The molecule has 1 aromatic heterocycles. The van der Waals surface area contributed by atoms with Gasteiger partial charge in [0, 0.05) is 24.6 Å². The number of hydrogen-bond donors (Lipinski definition) is 0. The van der Waals surface area contributed by atoms with Crippen LogP contribution in [-0.2, 0) is 11.3 Å². The minimum atomic E-state index is -0.480. The molecule has 3 aromatic rings. The quantitative estimate of drug-likeness (QED) is 0.421. The Hall–Kier alpha value is -2.92. The van der Waals surface area contributed by atoms with Crippen molar-refractivity contribution in [1.29, 1.82) is 0 Å². The minimum absolute atomic E-state index is 0.317. The number of fused-ring (bicyclic) bond motifs is 1. The lowest BCUT2D eigenvalue weighted by molar-refractivity contribution is 0.0735. The summed E-state index contributed by atoms with van der Waals surface area (Å²) in [7, 11) is 1.61. The van der Waals surface area contributed by atoms with Gasteiger partial charge < -0.3 is 13.9 Å². The van der Waals surface area contributed by atoms with E-state index in [1.165, 1.54) is 12.1 Å². The van der Waals surface area contributed by atoms with E-state index in [-0.39, 0.29) is 0 Å². The molecule has 0 fully saturated rings. The Kier molecular flexibility index (Phi) is 4.21. The van der Waals surface area contributed by atoms with E-state index < -0.39 is 11.6 Å². The summed E-state index contributed by atoms with van der Waals surface area (Å²) in [5.41, 5.74) is 1.32. The largest absolute Gasteiger partial charge is 0.423 e. The summed E-state index contributed by atoms with van der Waals surface area (Å²) in [6, 6.07) is 14.9. The molecule has 1 heterocycles. The van der Waals surface area contributed by atoms with Crippen LogP contribution in [0.2, 0.25) is 0 Å². The molecule has 0 unspecified atom stereocenters. The Labute approximate surface area is 132 Å². The highest BCUT2D eigenvalue weighted by molar-refractivity contribution is 5.91. The Balaban J connectivity index is 1.80. The van der Waals surface area contributed by atoms with Gasteiger partial charge in [-0.1, -0.05) is 12.1 Å². The molecular formula is C18H14O5. The maximum Gasteiger partial charge on any atom is 0.343 e. The zero-order valence-corrected chi connectivity index (χ0v) is 12.4. The van der Waals surface area contributed by atoms with Gasteiger partial charge in [-0.2, -0.15) is 0 Å². The zero-order valence-electron chi connectivity index (χ0n) is 12.4. The van der Waals surface area contributed by atoms with Crippen molar-refractivity contribution in [3.63, 3.8) is 0 Å². The number of rotatable bonds is 4. The maximum atomic E-state index is 12.1. The summed E-state index contributed by atoms with van der Waals surface area (Å²) in [4.78, 5) is 23.4. The molecule has 3 rings (SSSR count). The predicted molar refractivity (Wildman–Crippen MR) is 84.6 cm³/mol. The number of benzene rings is 2. The molecule has 23 heavy (non-hydrogen) atoms. The monoisotopic (exact) mass is 310 g/mol. The van der Waals surface area contributed by atoms with Crippen molar-refractivity contribution >= 4 is 16.9 Å². The Morgan fingerprint density at radius 2 is 1.78 bits per heavy atom. The molecular weight excluding hydrogens is 296 g/mol. The van der Waals surface area contributed by atoms with Gasteiger partial charge in [-0.3, -0.25) is 0 Å². The van der Waals surface area contributed by atoms with Crippen LogP contribution in [0.25, 0.3) is 11.0 Å². The second-order valence-electron chi connectivity index (χ2n) is 4.97. The van der Waals surface area contributed by atoms with Crippen LogP contribution in [0.1, 0.15) is 15.9 Å². The Morgan fingerprint density at radius 1 is 1.04 bits per heavy atom. The van der Waals surface area contributed by atoms with Gasteiger partial charge >= 0.3 is 11.6 Å². The smallest absolute Gasteiger partial charge is 0.343 e. The molecule has 0 bridgehead atoms. The molecule has 0 aliphatic rings. The molecule has 0 N–H and O–H groups in total. The molecule has 5 heteroatoms. The van der Waals surface area contributed by atoms with Crippen LogP contribution in [0, 0.1) is 0 Å². The molecule has 116 valence electrons. The van der Waals surface area contributed by atoms with Crippen LogP contribution < -0.4 is 10.4 Å². The van der Waals surface area contributed by atoms with Crippen molar-refractivity contribution in [2.24, 2.45) is 0 Å². The van der Waals surface area contributed by atoms with Crippen molar-refractivity contribution in [2.75, 3.05) is 7.11 Å². The van der Waals surface area contributed by atoms with E-state index in [4.69, 9.17) is 13.9 Å². The minimum Gasteiger partial charge on any atom is -0.423 e. The fourth-order valence-corrected chi connectivity index (χ4v) is 2.17. The standard InChI is InChI=1S/C18H14O5/c1-21-11-12-2-4-14(5-3-12)18(20)22-15-8-6-13-7-9-17(19)23-16(13)10-15/h2-10H,11H2,1H3. The molecule has 2 aromatic carbocycles. The van der Waals surface area contributed by atoms with Gasteiger partial charge in [-0.15, -0.1) is 0 Å². The van der Waals surface area contributed by atoms with E-state index in [2.05, 4.69) is 0 Å². The third kappa shape index (κ3) is 3.46. The van der Waals surface area contributed by atoms with Crippen molar-refractivity contribution in [3.05, 3.63) is 76.1 Å². The van der Waals surface area contributed by atoms with Gasteiger partial charge in [-0.05, 0) is 35.9 Å². The molecule has 0 spiro atoms. The first-order valence-corrected chi connectivity index (χ1v) is 7.00. The van der Waals surface area contributed by atoms with E-state index >= 15 is 0 Å². The second kappa shape index (κ2) is 6.46. The first kappa shape index (κ1) is 15.0. The number of carbonyl (C=O) groups excluding carboxylic acids is 1. The molecule has 5 nitrogen and oxygen atoms in total. The fourth-order valence-electron chi connectivity index (χ4n) is 2.17. The molecule has 0 atom stereocenters. The highest BCUT2D eigenvalue weighted by Gasteiger charge is 2.09. The van der Waals surface area contributed by atoms with E-state index in [9.17, 15) is 9.59 Å². The number of methoxy groups -OCH3 is 1. The molecule has 0 saturated carbocycles. The summed E-state index contributed by atoms with van der Waals surface area (Å²) < 4.78 is 15.4. The van der Waals surface area contributed by atoms with Crippen LogP contribution in [0.3, 0.4) is 0 Å². The van der Waals surface area contributed by atoms with E-state index in [0.29, 0.717) is 23.5 Å². The van der Waals surface area contributed by atoms with Crippen molar-refractivity contribution in [2.45, 2.75) is 6.61 Å². The van der Waals surface area contributed by atoms with Gasteiger partial charge in [0.05, 0.1) is 12.2 Å². The number of carbonyl (C=O) groups is 1. The van der Waals surface area contributed by atoms with Gasteiger partial charge in [0.15, 0.2) is 0 Å². The lowest BCUT2D eigenvalue weighted by atomic mass is 10.1. The van der Waals surface area contributed by atoms with Crippen molar-refractivity contribution in [3.8, 4) is 5.75 Å². The third-order valence-electron chi connectivity index (χ3n) is 3.31. The Morgan fingerprint density at radius 3 is 2.52 bits per heavy atom. The van der Waals surface area contributed by atoms with E-state index in [0.717, 1.165) is 10.9 Å². The lowest BCUT2D eigenvalue weighted by Gasteiger charge is -2.06. The van der Waals surface area contributed by atoms with Gasteiger partial charge in [-0.25, -0.2) is 9.59 Å². The highest BCUT2D eigenvalue weighted by atomic mass is 16.5. The normalized spacial score (nSPS) is 10.7. The molecule has 0 radical (unpaired) electrons. The van der Waals surface area contributed by atoms with Crippen LogP contribution in [0.4, 0.5) is 0 Å². The summed E-state index contributed by atoms with van der Waals surface area (Å²) in [5.74, 6) is -0.163. The topological polar surface area (TPSA) is 65.7 Å². The first-order chi connectivity index (χ1) is 11.2. The van der Waals surface area contributed by atoms with Crippen LogP contribution in [0.15, 0.2) is 63.8 Å². The maximum absolute atomic E-state index is 12.1. The van der Waals surface area contributed by atoms with Crippen LogP contribution >= 0.6 is 0 Å². The van der Waals surface area contributed by atoms with Crippen LogP contribution in [0.5, 0.6) is 5.75 Å². The number of ether oxygens (including phenoxy) is 2.